The summed E-state index contributed by atoms with van der Waals surface area (Å²) in [5, 5.41) is 22.8. The number of hydrogen-bond acceptors (Lipinski definition) is 3. The smallest absolute Gasteiger partial charge is 0.220 e. The van der Waals surface area contributed by atoms with Gasteiger partial charge in [0.2, 0.25) is 5.91 Å². The minimum atomic E-state index is -0.873. The second-order valence-electron chi connectivity index (χ2n) is 9.26. The van der Waals surface area contributed by atoms with Crippen LogP contribution in [0.3, 0.4) is 0 Å². The van der Waals surface area contributed by atoms with Crippen molar-refractivity contribution in [2.24, 2.45) is 0 Å². The molecule has 0 aliphatic rings. The van der Waals surface area contributed by atoms with Crippen LogP contribution in [0.15, 0.2) is 12.2 Å². The van der Waals surface area contributed by atoms with Gasteiger partial charge in [0.15, 0.2) is 0 Å². The second-order valence-corrected chi connectivity index (χ2v) is 9.26. The van der Waals surface area contributed by atoms with Gasteiger partial charge in [-0.3, -0.25) is 4.79 Å². The van der Waals surface area contributed by atoms with Crippen LogP contribution >= 0.6 is 0 Å². The molecule has 0 fully saturated rings. The first-order valence-corrected chi connectivity index (χ1v) is 13.3. The lowest BCUT2D eigenvalue weighted by Crippen LogP contribution is -2.46. The maximum Gasteiger partial charge on any atom is 0.220 e. The predicted molar refractivity (Wildman–Crippen MR) is 133 cm³/mol. The van der Waals surface area contributed by atoms with Gasteiger partial charge in [-0.2, -0.15) is 0 Å². The van der Waals surface area contributed by atoms with Crippen LogP contribution in [0.5, 0.6) is 0 Å². The summed E-state index contributed by atoms with van der Waals surface area (Å²) < 4.78 is 0. The molecular weight excluding hydrogens is 386 g/mol. The van der Waals surface area contributed by atoms with Crippen LogP contribution in [0, 0.1) is 0 Å². The van der Waals surface area contributed by atoms with Crippen molar-refractivity contribution in [1.29, 1.82) is 0 Å². The summed E-state index contributed by atoms with van der Waals surface area (Å²) in [5.41, 5.74) is 0.717. The Hall–Kier alpha value is -0.870. The maximum atomic E-state index is 12.1. The van der Waals surface area contributed by atoms with Crippen molar-refractivity contribution in [3.8, 4) is 0 Å². The molecule has 0 aromatic carbocycles. The largest absolute Gasteiger partial charge is 0.394 e. The third kappa shape index (κ3) is 18.4. The lowest BCUT2D eigenvalue weighted by molar-refractivity contribution is -0.123. The molecule has 0 saturated carbocycles. The molecule has 0 aliphatic carbocycles. The van der Waals surface area contributed by atoms with Gasteiger partial charge in [0.1, 0.15) is 0 Å². The molecule has 0 aromatic rings. The highest BCUT2D eigenvalue weighted by atomic mass is 16.3. The van der Waals surface area contributed by atoms with Crippen molar-refractivity contribution in [2.45, 2.75) is 148 Å². The van der Waals surface area contributed by atoms with Gasteiger partial charge in [-0.05, 0) is 24.8 Å². The maximum absolute atomic E-state index is 12.1. The Morgan fingerprint density at radius 3 is 1.52 bits per heavy atom. The molecule has 4 heteroatoms. The number of rotatable bonds is 23. The van der Waals surface area contributed by atoms with Crippen molar-refractivity contribution < 1.29 is 15.0 Å². The van der Waals surface area contributed by atoms with Gasteiger partial charge in [0.05, 0.1) is 18.8 Å². The van der Waals surface area contributed by atoms with Crippen LogP contribution in [0.2, 0.25) is 0 Å². The minimum Gasteiger partial charge on any atom is -0.394 e. The first-order valence-electron chi connectivity index (χ1n) is 13.3. The number of amides is 1. The highest BCUT2D eigenvalue weighted by Gasteiger charge is 2.22. The van der Waals surface area contributed by atoms with Gasteiger partial charge in [0, 0.05) is 6.42 Å². The molecule has 0 aromatic heterocycles. The summed E-state index contributed by atoms with van der Waals surface area (Å²) in [6.45, 7) is 8.17. The molecule has 0 heterocycles. The van der Waals surface area contributed by atoms with Gasteiger partial charge >= 0.3 is 0 Å². The molecule has 184 valence electrons. The molecule has 0 radical (unpaired) electrons. The van der Waals surface area contributed by atoms with Crippen LogP contribution in [0.1, 0.15) is 136 Å². The van der Waals surface area contributed by atoms with Crippen LogP contribution in [-0.4, -0.2) is 34.9 Å². The number of carbonyl (C=O) groups is 1. The summed E-state index contributed by atoms with van der Waals surface area (Å²) >= 11 is 0. The third-order valence-corrected chi connectivity index (χ3v) is 6.20. The number of unbranched alkanes of at least 4 members (excludes halogenated alkanes) is 15. The Labute approximate surface area is 193 Å². The lowest BCUT2D eigenvalue weighted by atomic mass is 9.97. The van der Waals surface area contributed by atoms with Gasteiger partial charge in [-0.15, -0.1) is 0 Å². The third-order valence-electron chi connectivity index (χ3n) is 6.20. The molecule has 2 atom stereocenters. The molecule has 31 heavy (non-hydrogen) atoms. The fourth-order valence-electron chi connectivity index (χ4n) is 4.02. The zero-order valence-electron chi connectivity index (χ0n) is 20.8. The Morgan fingerprint density at radius 1 is 0.710 bits per heavy atom. The van der Waals surface area contributed by atoms with E-state index < -0.39 is 12.1 Å². The fourth-order valence-corrected chi connectivity index (χ4v) is 4.02. The van der Waals surface area contributed by atoms with Gasteiger partial charge in [0.25, 0.3) is 0 Å². The van der Waals surface area contributed by atoms with E-state index in [2.05, 4.69) is 25.7 Å². The number of aliphatic hydroxyl groups is 2. The van der Waals surface area contributed by atoms with Gasteiger partial charge in [-0.1, -0.05) is 117 Å². The molecule has 0 saturated heterocycles. The summed E-state index contributed by atoms with van der Waals surface area (Å²) in [6.07, 6.45) is 21.4. The Kier molecular flexibility index (Phi) is 21.7. The fraction of sp³-hybridized carbons (Fsp3) is 0.889. The predicted octanol–water partition coefficient (Wildman–Crippen LogP) is 6.83. The van der Waals surface area contributed by atoms with Crippen molar-refractivity contribution >= 4 is 5.91 Å². The second kappa shape index (κ2) is 22.3. The highest BCUT2D eigenvalue weighted by molar-refractivity contribution is 5.76. The monoisotopic (exact) mass is 439 g/mol. The molecule has 0 unspecified atom stereocenters. The summed E-state index contributed by atoms with van der Waals surface area (Å²) in [6, 6.07) is -0.645. The highest BCUT2D eigenvalue weighted by Crippen LogP contribution is 2.17. The topological polar surface area (TPSA) is 69.6 Å². The van der Waals surface area contributed by atoms with Crippen LogP contribution in [-0.2, 0) is 4.79 Å². The van der Waals surface area contributed by atoms with Crippen LogP contribution < -0.4 is 5.32 Å². The molecule has 3 N–H and O–H groups in total. The Morgan fingerprint density at radius 2 is 1.10 bits per heavy atom. The summed E-state index contributed by atoms with van der Waals surface area (Å²) in [7, 11) is 0. The number of carbonyl (C=O) groups excluding carboxylic acids is 1. The summed E-state index contributed by atoms with van der Waals surface area (Å²) in [4.78, 5) is 12.1. The van der Waals surface area contributed by atoms with E-state index in [1.165, 1.54) is 77.0 Å². The van der Waals surface area contributed by atoms with Gasteiger partial charge < -0.3 is 15.5 Å². The van der Waals surface area contributed by atoms with E-state index in [4.69, 9.17) is 0 Å². The Balaban J connectivity index is 3.77. The molecule has 0 aliphatic heterocycles. The molecule has 0 spiro atoms. The Bertz CT molecular complexity index is 425. The standard InChI is InChI=1S/C27H53NO3/c1-4-6-8-10-11-12-13-14-15-16-18-19-21-24(3)27(31)25(23-29)28-26(30)22-20-17-9-7-5-2/h25,27,29,31H,3-23H2,1-2H3,(H,28,30)/t25-,27+/m0/s1. The minimum absolute atomic E-state index is 0.0900. The van der Waals surface area contributed by atoms with E-state index in [1.807, 2.05) is 0 Å². The molecule has 4 nitrogen and oxygen atoms in total. The summed E-state index contributed by atoms with van der Waals surface area (Å²) in [5.74, 6) is -0.0900. The zero-order chi connectivity index (χ0) is 23.2. The molecule has 0 rings (SSSR count). The van der Waals surface area contributed by atoms with E-state index in [-0.39, 0.29) is 12.5 Å². The SMILES string of the molecule is C=C(CCCCCCCCCCCCCC)[C@@H](O)[C@H](CO)NC(=O)CCCCCCC. The molecule has 1 amide bonds. The van der Waals surface area contributed by atoms with E-state index in [1.54, 1.807) is 0 Å². The van der Waals surface area contributed by atoms with Crippen molar-refractivity contribution in [3.05, 3.63) is 12.2 Å². The zero-order valence-corrected chi connectivity index (χ0v) is 20.8. The first kappa shape index (κ1) is 30.1. The quantitative estimate of drug-likeness (QED) is 0.121. The van der Waals surface area contributed by atoms with Crippen molar-refractivity contribution in [3.63, 3.8) is 0 Å². The van der Waals surface area contributed by atoms with Crippen LogP contribution in [0.25, 0.3) is 0 Å². The van der Waals surface area contributed by atoms with E-state index in [0.717, 1.165) is 44.1 Å². The first-order chi connectivity index (χ1) is 15.1. The average Bonchev–Trinajstić information content (AvgIpc) is 2.77. The van der Waals surface area contributed by atoms with Crippen molar-refractivity contribution in [1.82, 2.24) is 5.32 Å². The van der Waals surface area contributed by atoms with E-state index >= 15 is 0 Å². The van der Waals surface area contributed by atoms with E-state index in [0.29, 0.717) is 6.42 Å². The normalized spacial score (nSPS) is 13.2. The number of hydrogen-bond donors (Lipinski definition) is 3. The van der Waals surface area contributed by atoms with Crippen molar-refractivity contribution in [2.75, 3.05) is 6.61 Å². The molecule has 0 bridgehead atoms. The van der Waals surface area contributed by atoms with Gasteiger partial charge in [-0.25, -0.2) is 0 Å². The molecular formula is C27H53NO3. The average molecular weight is 440 g/mol. The van der Waals surface area contributed by atoms with E-state index in [9.17, 15) is 15.0 Å². The number of aliphatic hydroxyl groups excluding tert-OH is 2. The van der Waals surface area contributed by atoms with Crippen LogP contribution in [0.4, 0.5) is 0 Å². The number of nitrogens with one attached hydrogen (secondary N) is 1. The lowest BCUT2D eigenvalue weighted by Gasteiger charge is -2.24.